The molecule has 1 atom stereocenters. The van der Waals surface area contributed by atoms with Gasteiger partial charge in [-0.3, -0.25) is 0 Å². The van der Waals surface area contributed by atoms with Crippen LogP contribution in [0.2, 0.25) is 0 Å². The summed E-state index contributed by atoms with van der Waals surface area (Å²) in [5.74, 6) is 1.06. The van der Waals surface area contributed by atoms with Crippen molar-refractivity contribution in [2.45, 2.75) is 32.3 Å². The summed E-state index contributed by atoms with van der Waals surface area (Å²) in [6, 6.07) is 6.39. The molecular formula is C12H17NO. The fraction of sp³-hybridized carbons (Fsp3) is 0.500. The van der Waals surface area contributed by atoms with Gasteiger partial charge in [-0.15, -0.1) is 0 Å². The number of hydrogen-bond donors (Lipinski definition) is 1. The maximum Gasteiger partial charge on any atom is 0.122 e. The first-order valence-corrected chi connectivity index (χ1v) is 5.26. The number of ether oxygens (including phenoxy) is 1. The third-order valence-corrected chi connectivity index (χ3v) is 2.73. The Morgan fingerprint density at radius 1 is 1.50 bits per heavy atom. The molecule has 0 saturated heterocycles. The Morgan fingerprint density at radius 2 is 2.36 bits per heavy atom. The summed E-state index contributed by atoms with van der Waals surface area (Å²) in [5, 5.41) is 0. The topological polar surface area (TPSA) is 35.2 Å². The first-order chi connectivity index (χ1) is 6.79. The standard InChI is InChI=1S/C12H17NO/c1-9-2-5-12-10(8-9)3-4-11(14-12)6-7-13/h2,5,8,11H,3-4,6-7,13H2,1H3. The zero-order chi connectivity index (χ0) is 9.97. The molecule has 0 amide bonds. The number of hydrogen-bond acceptors (Lipinski definition) is 2. The highest BCUT2D eigenvalue weighted by atomic mass is 16.5. The van der Waals surface area contributed by atoms with E-state index < -0.39 is 0 Å². The molecule has 1 aliphatic rings. The molecule has 14 heavy (non-hydrogen) atoms. The fourth-order valence-electron chi connectivity index (χ4n) is 1.96. The largest absolute Gasteiger partial charge is 0.490 e. The van der Waals surface area contributed by atoms with Crippen LogP contribution in [0.1, 0.15) is 24.0 Å². The first kappa shape index (κ1) is 9.53. The minimum absolute atomic E-state index is 0.329. The lowest BCUT2D eigenvalue weighted by Gasteiger charge is -2.26. The van der Waals surface area contributed by atoms with E-state index in [1.165, 1.54) is 11.1 Å². The smallest absolute Gasteiger partial charge is 0.122 e. The van der Waals surface area contributed by atoms with E-state index in [1.807, 2.05) is 0 Å². The molecule has 2 N–H and O–H groups in total. The minimum atomic E-state index is 0.329. The van der Waals surface area contributed by atoms with Crippen molar-refractivity contribution in [1.82, 2.24) is 0 Å². The average Bonchev–Trinajstić information content (AvgIpc) is 2.19. The molecule has 1 aromatic carbocycles. The van der Waals surface area contributed by atoms with E-state index in [1.54, 1.807) is 0 Å². The van der Waals surface area contributed by atoms with Crippen LogP contribution in [0.25, 0.3) is 0 Å². The van der Waals surface area contributed by atoms with Crippen LogP contribution < -0.4 is 10.5 Å². The van der Waals surface area contributed by atoms with Crippen molar-refractivity contribution in [1.29, 1.82) is 0 Å². The summed E-state index contributed by atoms with van der Waals surface area (Å²) < 4.78 is 5.85. The van der Waals surface area contributed by atoms with Crippen LogP contribution in [0.15, 0.2) is 18.2 Å². The van der Waals surface area contributed by atoms with Gasteiger partial charge in [0.15, 0.2) is 0 Å². The number of rotatable bonds is 2. The predicted octanol–water partition coefficient (Wildman–Crippen LogP) is 2.04. The fourth-order valence-corrected chi connectivity index (χ4v) is 1.96. The molecule has 1 heterocycles. The van der Waals surface area contributed by atoms with Gasteiger partial charge in [-0.1, -0.05) is 17.7 Å². The summed E-state index contributed by atoms with van der Waals surface area (Å²) in [5.41, 5.74) is 8.18. The van der Waals surface area contributed by atoms with Gasteiger partial charge in [0.1, 0.15) is 11.9 Å². The molecule has 1 unspecified atom stereocenters. The van der Waals surface area contributed by atoms with Crippen molar-refractivity contribution in [2.75, 3.05) is 6.54 Å². The zero-order valence-corrected chi connectivity index (χ0v) is 8.62. The Labute approximate surface area is 85.1 Å². The Kier molecular flexibility index (Phi) is 2.73. The van der Waals surface area contributed by atoms with Crippen LogP contribution in [0.3, 0.4) is 0 Å². The predicted molar refractivity (Wildman–Crippen MR) is 57.6 cm³/mol. The molecule has 2 heteroatoms. The highest BCUT2D eigenvalue weighted by Crippen LogP contribution is 2.29. The molecule has 2 rings (SSSR count). The third kappa shape index (κ3) is 1.90. The van der Waals surface area contributed by atoms with Gasteiger partial charge in [0, 0.05) is 0 Å². The van der Waals surface area contributed by atoms with Gasteiger partial charge in [0.05, 0.1) is 0 Å². The lowest BCUT2D eigenvalue weighted by Crippen LogP contribution is -2.25. The molecule has 0 saturated carbocycles. The van der Waals surface area contributed by atoms with Gasteiger partial charge >= 0.3 is 0 Å². The lowest BCUT2D eigenvalue weighted by molar-refractivity contribution is 0.166. The van der Waals surface area contributed by atoms with E-state index >= 15 is 0 Å². The molecule has 0 aromatic heterocycles. The van der Waals surface area contributed by atoms with E-state index in [2.05, 4.69) is 25.1 Å². The second kappa shape index (κ2) is 4.01. The molecule has 0 bridgehead atoms. The van der Waals surface area contributed by atoms with Crippen LogP contribution in [-0.2, 0) is 6.42 Å². The van der Waals surface area contributed by atoms with Crippen molar-refractivity contribution in [3.05, 3.63) is 29.3 Å². The highest BCUT2D eigenvalue weighted by Gasteiger charge is 2.18. The maximum atomic E-state index is 5.85. The van der Waals surface area contributed by atoms with Gasteiger partial charge in [-0.2, -0.15) is 0 Å². The Hall–Kier alpha value is -1.02. The van der Waals surface area contributed by atoms with Gasteiger partial charge in [0.25, 0.3) is 0 Å². The molecule has 76 valence electrons. The second-order valence-corrected chi connectivity index (χ2v) is 3.97. The Morgan fingerprint density at radius 3 is 3.14 bits per heavy atom. The number of nitrogens with two attached hydrogens (primary N) is 1. The van der Waals surface area contributed by atoms with Crippen LogP contribution in [-0.4, -0.2) is 12.6 Å². The number of benzene rings is 1. The quantitative estimate of drug-likeness (QED) is 0.776. The number of fused-ring (bicyclic) bond motifs is 1. The lowest BCUT2D eigenvalue weighted by atomic mass is 9.99. The molecule has 2 nitrogen and oxygen atoms in total. The molecule has 1 aliphatic heterocycles. The van der Waals surface area contributed by atoms with Crippen LogP contribution in [0.4, 0.5) is 0 Å². The maximum absolute atomic E-state index is 5.85. The van der Waals surface area contributed by atoms with E-state index in [9.17, 15) is 0 Å². The summed E-state index contributed by atoms with van der Waals surface area (Å²) in [6.45, 7) is 2.83. The monoisotopic (exact) mass is 191 g/mol. The van der Waals surface area contributed by atoms with Crippen molar-refractivity contribution < 1.29 is 4.74 Å². The summed E-state index contributed by atoms with van der Waals surface area (Å²) in [4.78, 5) is 0. The van der Waals surface area contributed by atoms with Gasteiger partial charge in [-0.05, 0) is 44.4 Å². The van der Waals surface area contributed by atoms with Crippen LogP contribution in [0, 0.1) is 6.92 Å². The van der Waals surface area contributed by atoms with Crippen molar-refractivity contribution in [3.63, 3.8) is 0 Å². The van der Waals surface area contributed by atoms with Crippen LogP contribution in [0.5, 0.6) is 5.75 Å². The molecule has 0 radical (unpaired) electrons. The van der Waals surface area contributed by atoms with E-state index in [0.717, 1.165) is 25.0 Å². The SMILES string of the molecule is Cc1ccc2c(c1)CCC(CCN)O2. The molecular weight excluding hydrogens is 174 g/mol. The normalized spacial score (nSPS) is 20.0. The summed E-state index contributed by atoms with van der Waals surface area (Å²) in [7, 11) is 0. The Bertz CT molecular complexity index is 322. The molecule has 1 aromatic rings. The zero-order valence-electron chi connectivity index (χ0n) is 8.62. The molecule has 0 fully saturated rings. The second-order valence-electron chi connectivity index (χ2n) is 3.97. The molecule has 0 spiro atoms. The van der Waals surface area contributed by atoms with Crippen molar-refractivity contribution >= 4 is 0 Å². The van der Waals surface area contributed by atoms with Crippen LogP contribution >= 0.6 is 0 Å². The van der Waals surface area contributed by atoms with Gasteiger partial charge < -0.3 is 10.5 Å². The van der Waals surface area contributed by atoms with E-state index in [-0.39, 0.29) is 0 Å². The van der Waals surface area contributed by atoms with E-state index in [0.29, 0.717) is 12.6 Å². The molecule has 0 aliphatic carbocycles. The third-order valence-electron chi connectivity index (χ3n) is 2.73. The number of aryl methyl sites for hydroxylation is 2. The van der Waals surface area contributed by atoms with Gasteiger partial charge in [0.2, 0.25) is 0 Å². The summed E-state index contributed by atoms with van der Waals surface area (Å²) >= 11 is 0. The summed E-state index contributed by atoms with van der Waals surface area (Å²) in [6.07, 6.45) is 3.53. The van der Waals surface area contributed by atoms with Gasteiger partial charge in [-0.25, -0.2) is 0 Å². The minimum Gasteiger partial charge on any atom is -0.490 e. The average molecular weight is 191 g/mol. The van der Waals surface area contributed by atoms with E-state index in [4.69, 9.17) is 10.5 Å². The first-order valence-electron chi connectivity index (χ1n) is 5.26. The Balaban J connectivity index is 2.15. The van der Waals surface area contributed by atoms with Crippen molar-refractivity contribution in [3.8, 4) is 5.75 Å². The van der Waals surface area contributed by atoms with Crippen molar-refractivity contribution in [2.24, 2.45) is 5.73 Å². The highest BCUT2D eigenvalue weighted by molar-refractivity contribution is 5.38.